The molecule has 0 amide bonds. The summed E-state index contributed by atoms with van der Waals surface area (Å²) in [6.45, 7) is 1.72. The zero-order valence-electron chi connectivity index (χ0n) is 15.0. The van der Waals surface area contributed by atoms with Gasteiger partial charge in [-0.3, -0.25) is 10.4 Å². The van der Waals surface area contributed by atoms with Gasteiger partial charge in [-0.1, -0.05) is 48.0 Å². The molecule has 0 saturated heterocycles. The minimum absolute atomic E-state index is 0.0239. The maximum atomic E-state index is 12.6. The highest BCUT2D eigenvalue weighted by atomic mass is 35.5. The summed E-state index contributed by atoms with van der Waals surface area (Å²) in [5.74, 6) is -0.566. The number of benzene rings is 2. The molecule has 0 aromatic heterocycles. The first-order valence-electron chi connectivity index (χ1n) is 7.95. The van der Waals surface area contributed by atoms with Crippen LogP contribution in [0.3, 0.4) is 0 Å². The van der Waals surface area contributed by atoms with Gasteiger partial charge in [0.05, 0.1) is 11.5 Å². The van der Waals surface area contributed by atoms with Crippen molar-refractivity contribution >= 4 is 33.0 Å². The third-order valence-electron chi connectivity index (χ3n) is 3.72. The van der Waals surface area contributed by atoms with E-state index in [1.807, 2.05) is 0 Å². The van der Waals surface area contributed by atoms with Gasteiger partial charge in [0.2, 0.25) is 0 Å². The summed E-state index contributed by atoms with van der Waals surface area (Å²) in [6, 6.07) is 12.5. The normalized spacial score (nSPS) is 13.5. The van der Waals surface area contributed by atoms with Gasteiger partial charge in [-0.15, -0.1) is 0 Å². The molecule has 2 aromatic rings. The van der Waals surface area contributed by atoms with E-state index in [0.717, 1.165) is 0 Å². The fourth-order valence-electron chi connectivity index (χ4n) is 2.15. The molecule has 0 aliphatic rings. The van der Waals surface area contributed by atoms with E-state index in [2.05, 4.69) is 15.5 Å². The molecule has 10 heteroatoms. The quantitative estimate of drug-likeness (QED) is 0.439. The van der Waals surface area contributed by atoms with Crippen molar-refractivity contribution in [3.8, 4) is 0 Å². The van der Waals surface area contributed by atoms with Crippen LogP contribution in [0, 0.1) is 0 Å². The van der Waals surface area contributed by atoms with Gasteiger partial charge in [-0.2, -0.15) is 18.3 Å². The van der Waals surface area contributed by atoms with Crippen LogP contribution >= 0.6 is 11.6 Å². The number of hydrogen-bond donors (Lipinski definition) is 1. The van der Waals surface area contributed by atoms with Crippen LogP contribution in [-0.2, 0) is 15.6 Å². The molecule has 0 unspecified atom stereocenters. The van der Waals surface area contributed by atoms with Crippen LogP contribution in [0.2, 0.25) is 5.02 Å². The lowest BCUT2D eigenvalue weighted by Gasteiger charge is -2.11. The van der Waals surface area contributed by atoms with E-state index in [1.165, 1.54) is 24.3 Å². The second-order valence-electron chi connectivity index (χ2n) is 5.79. The van der Waals surface area contributed by atoms with E-state index in [1.54, 1.807) is 38.2 Å². The van der Waals surface area contributed by atoms with E-state index < -0.39 is 21.1 Å². The Balaban J connectivity index is 2.37. The molecule has 2 aromatic carbocycles. The average molecular weight is 432 g/mol. The van der Waals surface area contributed by atoms with Gasteiger partial charge in [-0.05, 0) is 24.6 Å². The molecular formula is C18H17ClF3N3O2S. The summed E-state index contributed by atoms with van der Waals surface area (Å²) in [6.07, 6.45) is 0. The van der Waals surface area contributed by atoms with Gasteiger partial charge >= 0.3 is 5.51 Å². The summed E-state index contributed by atoms with van der Waals surface area (Å²) >= 11 is 5.91. The van der Waals surface area contributed by atoms with E-state index in [4.69, 9.17) is 11.6 Å². The third kappa shape index (κ3) is 5.56. The Kier molecular flexibility index (Phi) is 6.84. The second-order valence-corrected chi connectivity index (χ2v) is 8.21. The lowest BCUT2D eigenvalue weighted by Crippen LogP contribution is -2.24. The summed E-state index contributed by atoms with van der Waals surface area (Å²) in [7, 11) is -3.65. The van der Waals surface area contributed by atoms with Gasteiger partial charge in [0, 0.05) is 23.2 Å². The Labute approximate surface area is 165 Å². The Morgan fingerprint density at radius 1 is 1.04 bits per heavy atom. The number of nitrogens with one attached hydrogen (secondary N) is 1. The number of hydrazone groups is 1. The Bertz CT molecular complexity index is 984. The highest BCUT2D eigenvalue weighted by molar-refractivity contribution is 7.91. The number of hydrogen-bond acceptors (Lipinski definition) is 4. The molecule has 0 bridgehead atoms. The molecule has 0 radical (unpaired) electrons. The maximum absolute atomic E-state index is 12.6. The molecule has 150 valence electrons. The number of nitrogens with zero attached hydrogens (tertiary/aromatic N) is 2. The lowest BCUT2D eigenvalue weighted by atomic mass is 10.0. The van der Waals surface area contributed by atoms with E-state index in [-0.39, 0.29) is 5.56 Å². The van der Waals surface area contributed by atoms with Crippen LogP contribution in [0.15, 0.2) is 58.6 Å². The zero-order chi connectivity index (χ0) is 20.9. The molecule has 2 rings (SSSR count). The predicted octanol–water partition coefficient (Wildman–Crippen LogP) is 4.16. The maximum Gasteiger partial charge on any atom is 0.497 e. The van der Waals surface area contributed by atoms with Gasteiger partial charge in [0.1, 0.15) is 5.84 Å². The molecule has 28 heavy (non-hydrogen) atoms. The minimum Gasteiger partial charge on any atom is -0.275 e. The largest absolute Gasteiger partial charge is 0.497 e. The standard InChI is InChI=1S/C18H17ClF3N3O2S/c1-12(23-2)24-25-17(15-7-9-16(19)10-8-15)14-5-3-13(4-6-14)11-28(26,27)18(20,21)22/h3-10H,11H2,1-2H3,(H,23,24). The Morgan fingerprint density at radius 2 is 1.54 bits per heavy atom. The van der Waals surface area contributed by atoms with Crippen LogP contribution in [0.4, 0.5) is 13.2 Å². The third-order valence-corrected chi connectivity index (χ3v) is 5.39. The van der Waals surface area contributed by atoms with Gasteiger partial charge in [0.15, 0.2) is 0 Å². The zero-order valence-corrected chi connectivity index (χ0v) is 16.5. The van der Waals surface area contributed by atoms with Crippen LogP contribution in [0.5, 0.6) is 0 Å². The van der Waals surface area contributed by atoms with E-state index >= 15 is 0 Å². The molecule has 0 aliphatic carbocycles. The van der Waals surface area contributed by atoms with Crippen LogP contribution in [0.1, 0.15) is 23.6 Å². The van der Waals surface area contributed by atoms with Crippen molar-refractivity contribution in [2.75, 3.05) is 7.05 Å². The molecule has 1 N–H and O–H groups in total. The average Bonchev–Trinajstić information content (AvgIpc) is 2.63. The Morgan fingerprint density at radius 3 is 2.00 bits per heavy atom. The van der Waals surface area contributed by atoms with Crippen molar-refractivity contribution in [2.45, 2.75) is 18.2 Å². The molecule has 0 spiro atoms. The first-order valence-corrected chi connectivity index (χ1v) is 9.98. The highest BCUT2D eigenvalue weighted by Crippen LogP contribution is 2.27. The van der Waals surface area contributed by atoms with E-state index in [9.17, 15) is 21.6 Å². The number of sulfone groups is 1. The van der Waals surface area contributed by atoms with Crippen molar-refractivity contribution < 1.29 is 21.6 Å². The Hall–Kier alpha value is -2.39. The number of aliphatic imine (C=N–C) groups is 1. The topological polar surface area (TPSA) is 70.9 Å². The smallest absolute Gasteiger partial charge is 0.275 e. The fraction of sp³-hybridized carbons (Fsp3) is 0.222. The summed E-state index contributed by atoms with van der Waals surface area (Å²) in [4.78, 5) is 3.94. The SMILES string of the molecule is CN=C(C)NN=C(c1ccc(Cl)cc1)c1ccc(CS(=O)(=O)C(F)(F)F)cc1. The van der Waals surface area contributed by atoms with Crippen LogP contribution in [0.25, 0.3) is 0 Å². The van der Waals surface area contributed by atoms with E-state index in [0.29, 0.717) is 27.7 Å². The van der Waals surface area contributed by atoms with Crippen molar-refractivity contribution in [2.24, 2.45) is 10.1 Å². The van der Waals surface area contributed by atoms with Gasteiger partial charge in [0.25, 0.3) is 9.84 Å². The summed E-state index contributed by atoms with van der Waals surface area (Å²) < 4.78 is 60.3. The molecule has 0 atom stereocenters. The van der Waals surface area contributed by atoms with Gasteiger partial charge < -0.3 is 0 Å². The molecule has 0 heterocycles. The summed E-state index contributed by atoms with van der Waals surface area (Å²) in [5, 5.41) is 4.84. The lowest BCUT2D eigenvalue weighted by molar-refractivity contribution is -0.0437. The van der Waals surface area contributed by atoms with Crippen molar-refractivity contribution in [3.63, 3.8) is 0 Å². The monoisotopic (exact) mass is 431 g/mol. The molecular weight excluding hydrogens is 415 g/mol. The summed E-state index contributed by atoms with van der Waals surface area (Å²) in [5.41, 5.74) is -0.717. The van der Waals surface area contributed by atoms with Crippen LogP contribution < -0.4 is 5.43 Å². The molecule has 0 saturated carbocycles. The van der Waals surface area contributed by atoms with Crippen LogP contribution in [-0.4, -0.2) is 32.5 Å². The molecule has 0 aliphatic heterocycles. The number of alkyl halides is 3. The highest BCUT2D eigenvalue weighted by Gasteiger charge is 2.45. The number of rotatable bonds is 5. The number of amidine groups is 1. The minimum atomic E-state index is -5.29. The first kappa shape index (κ1) is 21.9. The predicted molar refractivity (Wildman–Crippen MR) is 104 cm³/mol. The van der Waals surface area contributed by atoms with Gasteiger partial charge in [-0.25, -0.2) is 8.42 Å². The molecule has 0 fully saturated rings. The first-order chi connectivity index (χ1) is 13.0. The molecule has 5 nitrogen and oxygen atoms in total. The second kappa shape index (κ2) is 8.74. The van der Waals surface area contributed by atoms with Crippen molar-refractivity contribution in [3.05, 3.63) is 70.2 Å². The fourth-order valence-corrected chi connectivity index (χ4v) is 3.07. The number of halogens is 4. The van der Waals surface area contributed by atoms with Crippen molar-refractivity contribution in [1.29, 1.82) is 0 Å². The van der Waals surface area contributed by atoms with Crippen molar-refractivity contribution in [1.82, 2.24) is 5.43 Å².